The Morgan fingerprint density at radius 2 is 2.09 bits per heavy atom. The lowest BCUT2D eigenvalue weighted by atomic mass is 10.3. The van der Waals surface area contributed by atoms with Crippen LogP contribution in [0.4, 0.5) is 0 Å². The summed E-state index contributed by atoms with van der Waals surface area (Å²) in [7, 11) is 0. The van der Waals surface area contributed by atoms with Crippen molar-refractivity contribution in [3.05, 3.63) is 24.0 Å². The highest BCUT2D eigenvalue weighted by Crippen LogP contribution is 2.13. The van der Waals surface area contributed by atoms with E-state index in [1.807, 2.05) is 26.8 Å². The van der Waals surface area contributed by atoms with E-state index < -0.39 is 0 Å². The summed E-state index contributed by atoms with van der Waals surface area (Å²) in [4.78, 5) is 4.95. The molecule has 0 aliphatic rings. The molecule has 62 valence electrons. The van der Waals surface area contributed by atoms with Crippen LogP contribution in [0.2, 0.25) is 0 Å². The van der Waals surface area contributed by atoms with Crippen molar-refractivity contribution in [2.24, 2.45) is 5.14 Å². The molecular formula is C8H14N2S. The summed E-state index contributed by atoms with van der Waals surface area (Å²) in [5, 5.41) is 5.33. The fourth-order valence-electron chi connectivity index (χ4n) is 0.573. The van der Waals surface area contributed by atoms with Gasteiger partial charge in [-0.15, -0.1) is 0 Å². The van der Waals surface area contributed by atoms with E-state index in [0.29, 0.717) is 0 Å². The van der Waals surface area contributed by atoms with Crippen molar-refractivity contribution < 1.29 is 0 Å². The SMILES string of the molecule is CC.Cc1ccncc1SN. The highest BCUT2D eigenvalue weighted by molar-refractivity contribution is 7.97. The van der Waals surface area contributed by atoms with E-state index in [1.54, 1.807) is 12.4 Å². The molecule has 3 heteroatoms. The van der Waals surface area contributed by atoms with Gasteiger partial charge in [-0.1, -0.05) is 13.8 Å². The third kappa shape index (κ3) is 3.39. The van der Waals surface area contributed by atoms with E-state index >= 15 is 0 Å². The number of nitrogens with zero attached hydrogens (tertiary/aromatic N) is 1. The van der Waals surface area contributed by atoms with E-state index in [9.17, 15) is 0 Å². The first-order chi connectivity index (χ1) is 5.34. The molecule has 2 N–H and O–H groups in total. The summed E-state index contributed by atoms with van der Waals surface area (Å²) in [6.45, 7) is 6.01. The highest BCUT2D eigenvalue weighted by atomic mass is 32.2. The van der Waals surface area contributed by atoms with Crippen molar-refractivity contribution in [3.8, 4) is 0 Å². The topological polar surface area (TPSA) is 38.9 Å². The molecule has 1 aromatic rings. The third-order valence-corrected chi connectivity index (χ3v) is 1.80. The summed E-state index contributed by atoms with van der Waals surface area (Å²) in [6, 6.07) is 1.94. The van der Waals surface area contributed by atoms with Crippen molar-refractivity contribution in [1.82, 2.24) is 4.98 Å². The van der Waals surface area contributed by atoms with Crippen LogP contribution in [0.3, 0.4) is 0 Å². The Labute approximate surface area is 72.4 Å². The Morgan fingerprint density at radius 1 is 1.45 bits per heavy atom. The van der Waals surface area contributed by atoms with Gasteiger partial charge in [-0.25, -0.2) is 0 Å². The lowest BCUT2D eigenvalue weighted by molar-refractivity contribution is 1.18. The van der Waals surface area contributed by atoms with E-state index in [2.05, 4.69) is 4.98 Å². The Bertz CT molecular complexity index is 201. The minimum Gasteiger partial charge on any atom is -0.274 e. The number of rotatable bonds is 1. The summed E-state index contributed by atoms with van der Waals surface area (Å²) in [5.41, 5.74) is 1.18. The van der Waals surface area contributed by atoms with Crippen LogP contribution in [0.1, 0.15) is 19.4 Å². The Balaban J connectivity index is 0.000000461. The quantitative estimate of drug-likeness (QED) is 0.658. The molecule has 1 heterocycles. The summed E-state index contributed by atoms with van der Waals surface area (Å²) < 4.78 is 0. The molecule has 0 saturated carbocycles. The standard InChI is InChI=1S/C6H8N2S.C2H6/c1-5-2-3-8-4-6(5)9-7;1-2/h2-4H,7H2,1H3;1-2H3. The predicted octanol–water partition coefficient (Wildman–Crippen LogP) is 2.38. The van der Waals surface area contributed by atoms with Gasteiger partial charge in [-0.3, -0.25) is 10.1 Å². The van der Waals surface area contributed by atoms with Gasteiger partial charge < -0.3 is 0 Å². The van der Waals surface area contributed by atoms with Crippen LogP contribution >= 0.6 is 11.9 Å². The van der Waals surface area contributed by atoms with E-state index in [0.717, 1.165) is 4.90 Å². The molecule has 0 unspecified atom stereocenters. The lowest BCUT2D eigenvalue weighted by Gasteiger charge is -1.96. The van der Waals surface area contributed by atoms with Gasteiger partial charge in [0.1, 0.15) is 0 Å². The molecule has 0 aliphatic carbocycles. The lowest BCUT2D eigenvalue weighted by Crippen LogP contribution is -1.84. The molecule has 0 saturated heterocycles. The number of hydrogen-bond donors (Lipinski definition) is 1. The predicted molar refractivity (Wildman–Crippen MR) is 50.4 cm³/mol. The van der Waals surface area contributed by atoms with Gasteiger partial charge in [-0.05, 0) is 30.5 Å². The molecule has 0 spiro atoms. The summed E-state index contributed by atoms with van der Waals surface area (Å²) in [6.07, 6.45) is 3.52. The average molecular weight is 170 g/mol. The fraction of sp³-hybridized carbons (Fsp3) is 0.375. The second-order valence-corrected chi connectivity index (χ2v) is 2.43. The maximum Gasteiger partial charge on any atom is 0.0438 e. The van der Waals surface area contributed by atoms with Crippen LogP contribution < -0.4 is 5.14 Å². The Morgan fingerprint density at radius 3 is 2.45 bits per heavy atom. The maximum atomic E-state index is 5.33. The molecule has 2 nitrogen and oxygen atoms in total. The normalized spacial score (nSPS) is 8.36. The molecule has 0 bridgehead atoms. The molecule has 11 heavy (non-hydrogen) atoms. The first-order valence-corrected chi connectivity index (χ1v) is 4.50. The smallest absolute Gasteiger partial charge is 0.0438 e. The zero-order valence-corrected chi connectivity index (χ0v) is 7.98. The summed E-state index contributed by atoms with van der Waals surface area (Å²) >= 11 is 1.23. The van der Waals surface area contributed by atoms with Gasteiger partial charge in [0.25, 0.3) is 0 Å². The van der Waals surface area contributed by atoms with Crippen LogP contribution in [0.5, 0.6) is 0 Å². The molecule has 1 aromatic heterocycles. The average Bonchev–Trinajstić information content (AvgIpc) is 2.09. The van der Waals surface area contributed by atoms with Gasteiger partial charge in [-0.2, -0.15) is 0 Å². The molecule has 0 atom stereocenters. The molecule has 0 aliphatic heterocycles. The molecule has 0 aromatic carbocycles. The van der Waals surface area contributed by atoms with Gasteiger partial charge in [0.15, 0.2) is 0 Å². The third-order valence-electron chi connectivity index (χ3n) is 1.12. The van der Waals surface area contributed by atoms with Gasteiger partial charge >= 0.3 is 0 Å². The van der Waals surface area contributed by atoms with Crippen molar-refractivity contribution in [2.45, 2.75) is 25.7 Å². The Hall–Kier alpha value is -0.540. The molecule has 0 radical (unpaired) electrons. The zero-order chi connectivity index (χ0) is 8.69. The largest absolute Gasteiger partial charge is 0.274 e. The van der Waals surface area contributed by atoms with Gasteiger partial charge in [0.05, 0.1) is 0 Å². The molecule has 1 rings (SSSR count). The highest BCUT2D eigenvalue weighted by Gasteiger charge is 1.92. The Kier molecular flexibility index (Phi) is 5.88. The van der Waals surface area contributed by atoms with Crippen molar-refractivity contribution >= 4 is 11.9 Å². The van der Waals surface area contributed by atoms with E-state index in [1.165, 1.54) is 17.5 Å². The van der Waals surface area contributed by atoms with Crippen LogP contribution in [0, 0.1) is 6.92 Å². The van der Waals surface area contributed by atoms with E-state index in [-0.39, 0.29) is 0 Å². The molecule has 0 fully saturated rings. The van der Waals surface area contributed by atoms with Crippen molar-refractivity contribution in [2.75, 3.05) is 0 Å². The number of aromatic nitrogens is 1. The number of pyridine rings is 1. The van der Waals surface area contributed by atoms with Crippen LogP contribution in [-0.4, -0.2) is 4.98 Å². The summed E-state index contributed by atoms with van der Waals surface area (Å²) in [5.74, 6) is 0. The first-order valence-electron chi connectivity index (χ1n) is 3.62. The van der Waals surface area contributed by atoms with Crippen LogP contribution in [-0.2, 0) is 0 Å². The molecule has 0 amide bonds. The van der Waals surface area contributed by atoms with Gasteiger partial charge in [0.2, 0.25) is 0 Å². The van der Waals surface area contributed by atoms with Crippen LogP contribution in [0.25, 0.3) is 0 Å². The number of aryl methyl sites for hydroxylation is 1. The maximum absolute atomic E-state index is 5.33. The second kappa shape index (κ2) is 6.19. The zero-order valence-electron chi connectivity index (χ0n) is 7.16. The van der Waals surface area contributed by atoms with Crippen LogP contribution in [0.15, 0.2) is 23.4 Å². The van der Waals surface area contributed by atoms with Crippen molar-refractivity contribution in [3.63, 3.8) is 0 Å². The minimum atomic E-state index is 1.04. The van der Waals surface area contributed by atoms with Crippen molar-refractivity contribution in [1.29, 1.82) is 0 Å². The minimum absolute atomic E-state index is 1.04. The molecular weight excluding hydrogens is 156 g/mol. The fourth-order valence-corrected chi connectivity index (χ4v) is 0.949. The van der Waals surface area contributed by atoms with E-state index in [4.69, 9.17) is 5.14 Å². The first kappa shape index (κ1) is 10.5. The number of nitrogens with two attached hydrogens (primary N) is 1. The van der Waals surface area contributed by atoms with Gasteiger partial charge in [0, 0.05) is 17.3 Å². The number of hydrogen-bond acceptors (Lipinski definition) is 3. The second-order valence-electron chi connectivity index (χ2n) is 1.76. The monoisotopic (exact) mass is 170 g/mol.